The van der Waals surface area contributed by atoms with Crippen molar-refractivity contribution in [3.63, 3.8) is 0 Å². The van der Waals surface area contributed by atoms with Crippen LogP contribution in [0, 0.1) is 0 Å². The standard InChI is InChI=1S/C11H22N2S2/c1-10-8-11(9-15-10)12-2-3-13-4-6-14-7-5-13/h10-12H,2-9H2,1H3. The highest BCUT2D eigenvalue weighted by Gasteiger charge is 2.21. The zero-order chi connectivity index (χ0) is 10.5. The van der Waals surface area contributed by atoms with Gasteiger partial charge < -0.3 is 10.2 Å². The third-order valence-corrected chi connectivity index (χ3v) is 5.46. The predicted octanol–water partition coefficient (Wildman–Crippen LogP) is 1.52. The topological polar surface area (TPSA) is 15.3 Å². The van der Waals surface area contributed by atoms with Crippen LogP contribution >= 0.6 is 23.5 Å². The van der Waals surface area contributed by atoms with E-state index in [0.717, 1.165) is 11.3 Å². The van der Waals surface area contributed by atoms with Crippen LogP contribution in [0.15, 0.2) is 0 Å². The van der Waals surface area contributed by atoms with Crippen molar-refractivity contribution in [1.82, 2.24) is 10.2 Å². The molecule has 0 radical (unpaired) electrons. The fourth-order valence-corrected chi connectivity index (χ4v) is 4.37. The maximum atomic E-state index is 3.69. The van der Waals surface area contributed by atoms with Gasteiger partial charge in [0, 0.05) is 54.7 Å². The summed E-state index contributed by atoms with van der Waals surface area (Å²) in [5.74, 6) is 3.98. The summed E-state index contributed by atoms with van der Waals surface area (Å²) in [5, 5.41) is 4.56. The summed E-state index contributed by atoms with van der Waals surface area (Å²) in [4.78, 5) is 2.59. The van der Waals surface area contributed by atoms with E-state index in [-0.39, 0.29) is 0 Å². The highest BCUT2D eigenvalue weighted by Crippen LogP contribution is 2.25. The zero-order valence-electron chi connectivity index (χ0n) is 9.58. The van der Waals surface area contributed by atoms with Crippen LogP contribution in [0.3, 0.4) is 0 Å². The summed E-state index contributed by atoms with van der Waals surface area (Å²) in [6, 6.07) is 0.782. The number of nitrogens with zero attached hydrogens (tertiary/aromatic N) is 1. The van der Waals surface area contributed by atoms with Crippen molar-refractivity contribution >= 4 is 23.5 Å². The minimum Gasteiger partial charge on any atom is -0.312 e. The predicted molar refractivity (Wildman–Crippen MR) is 72.1 cm³/mol. The van der Waals surface area contributed by atoms with Crippen molar-refractivity contribution in [2.24, 2.45) is 0 Å². The smallest absolute Gasteiger partial charge is 0.0169 e. The molecule has 2 aliphatic heterocycles. The Hall–Kier alpha value is 0.620. The average Bonchev–Trinajstić information content (AvgIpc) is 2.66. The second kappa shape index (κ2) is 6.38. The van der Waals surface area contributed by atoms with Crippen molar-refractivity contribution in [2.45, 2.75) is 24.6 Å². The Morgan fingerprint density at radius 3 is 2.80 bits per heavy atom. The van der Waals surface area contributed by atoms with Gasteiger partial charge in [0.1, 0.15) is 0 Å². The van der Waals surface area contributed by atoms with E-state index in [4.69, 9.17) is 0 Å². The van der Waals surface area contributed by atoms with E-state index >= 15 is 0 Å². The number of hydrogen-bond donors (Lipinski definition) is 1. The molecule has 15 heavy (non-hydrogen) atoms. The van der Waals surface area contributed by atoms with E-state index in [1.54, 1.807) is 0 Å². The summed E-state index contributed by atoms with van der Waals surface area (Å²) >= 11 is 4.20. The molecular formula is C11H22N2S2. The Bertz CT molecular complexity index is 179. The van der Waals surface area contributed by atoms with E-state index < -0.39 is 0 Å². The van der Waals surface area contributed by atoms with Crippen LogP contribution in [-0.4, -0.2) is 59.6 Å². The fourth-order valence-electron chi connectivity index (χ4n) is 2.21. The molecule has 2 rings (SSSR count). The fraction of sp³-hybridized carbons (Fsp3) is 1.00. The van der Waals surface area contributed by atoms with Gasteiger partial charge in [0.05, 0.1) is 0 Å². The zero-order valence-corrected chi connectivity index (χ0v) is 11.2. The van der Waals surface area contributed by atoms with Crippen LogP contribution in [0.4, 0.5) is 0 Å². The van der Waals surface area contributed by atoms with Crippen LogP contribution in [-0.2, 0) is 0 Å². The van der Waals surface area contributed by atoms with Crippen molar-refractivity contribution in [2.75, 3.05) is 43.4 Å². The van der Waals surface area contributed by atoms with E-state index in [1.807, 2.05) is 0 Å². The summed E-state index contributed by atoms with van der Waals surface area (Å²) < 4.78 is 0. The molecule has 0 aromatic rings. The Kier molecular flexibility index (Phi) is 5.14. The highest BCUT2D eigenvalue weighted by atomic mass is 32.2. The van der Waals surface area contributed by atoms with E-state index in [9.17, 15) is 0 Å². The molecule has 0 aromatic heterocycles. The maximum absolute atomic E-state index is 3.69. The minimum atomic E-state index is 0.782. The first-order valence-electron chi connectivity index (χ1n) is 5.99. The van der Waals surface area contributed by atoms with Crippen molar-refractivity contribution in [1.29, 1.82) is 0 Å². The van der Waals surface area contributed by atoms with Gasteiger partial charge in [0.25, 0.3) is 0 Å². The molecule has 2 fully saturated rings. The second-order valence-electron chi connectivity index (χ2n) is 4.48. The quantitative estimate of drug-likeness (QED) is 0.808. The molecule has 2 atom stereocenters. The Morgan fingerprint density at radius 1 is 1.33 bits per heavy atom. The molecule has 88 valence electrons. The van der Waals surface area contributed by atoms with Gasteiger partial charge in [0.2, 0.25) is 0 Å². The van der Waals surface area contributed by atoms with Crippen LogP contribution in [0.2, 0.25) is 0 Å². The Labute approximate surface area is 102 Å². The molecule has 0 bridgehead atoms. The Morgan fingerprint density at radius 2 is 2.13 bits per heavy atom. The lowest BCUT2D eigenvalue weighted by molar-refractivity contribution is 0.296. The molecule has 2 nitrogen and oxygen atoms in total. The number of rotatable bonds is 4. The third-order valence-electron chi connectivity index (χ3n) is 3.16. The lowest BCUT2D eigenvalue weighted by atomic mass is 10.2. The van der Waals surface area contributed by atoms with E-state index in [2.05, 4.69) is 40.7 Å². The number of nitrogens with one attached hydrogen (secondary N) is 1. The molecule has 0 aliphatic carbocycles. The van der Waals surface area contributed by atoms with Crippen molar-refractivity contribution < 1.29 is 0 Å². The molecule has 4 heteroatoms. The van der Waals surface area contributed by atoms with Crippen molar-refractivity contribution in [3.05, 3.63) is 0 Å². The number of hydrogen-bond acceptors (Lipinski definition) is 4. The van der Waals surface area contributed by atoms with Gasteiger partial charge in [-0.05, 0) is 6.42 Å². The monoisotopic (exact) mass is 246 g/mol. The lowest BCUT2D eigenvalue weighted by Gasteiger charge is -2.26. The van der Waals surface area contributed by atoms with E-state index in [1.165, 1.54) is 49.9 Å². The summed E-state index contributed by atoms with van der Waals surface area (Å²) in [7, 11) is 0. The van der Waals surface area contributed by atoms with Crippen molar-refractivity contribution in [3.8, 4) is 0 Å². The largest absolute Gasteiger partial charge is 0.312 e. The summed E-state index contributed by atoms with van der Waals surface area (Å²) in [5.41, 5.74) is 0. The molecule has 2 aliphatic rings. The first-order valence-corrected chi connectivity index (χ1v) is 8.20. The van der Waals surface area contributed by atoms with Crippen LogP contribution in [0.1, 0.15) is 13.3 Å². The SMILES string of the molecule is CC1CC(NCCN2CCSCC2)CS1. The van der Waals surface area contributed by atoms with Gasteiger partial charge in [0.15, 0.2) is 0 Å². The van der Waals surface area contributed by atoms with Gasteiger partial charge in [-0.3, -0.25) is 0 Å². The van der Waals surface area contributed by atoms with Gasteiger partial charge >= 0.3 is 0 Å². The molecule has 0 amide bonds. The van der Waals surface area contributed by atoms with Gasteiger partial charge in [-0.2, -0.15) is 23.5 Å². The van der Waals surface area contributed by atoms with Crippen LogP contribution in [0.5, 0.6) is 0 Å². The average molecular weight is 246 g/mol. The number of thioether (sulfide) groups is 2. The summed E-state index contributed by atoms with van der Waals surface area (Å²) in [6.07, 6.45) is 1.36. The molecule has 0 saturated carbocycles. The molecule has 0 spiro atoms. The first-order chi connectivity index (χ1) is 7.34. The van der Waals surface area contributed by atoms with Gasteiger partial charge in [-0.25, -0.2) is 0 Å². The molecule has 1 N–H and O–H groups in total. The molecule has 2 heterocycles. The lowest BCUT2D eigenvalue weighted by Crippen LogP contribution is -2.40. The van der Waals surface area contributed by atoms with E-state index in [0.29, 0.717) is 0 Å². The molecule has 0 aromatic carbocycles. The maximum Gasteiger partial charge on any atom is 0.0169 e. The first kappa shape index (κ1) is 12.1. The van der Waals surface area contributed by atoms with Gasteiger partial charge in [-0.15, -0.1) is 0 Å². The highest BCUT2D eigenvalue weighted by molar-refractivity contribution is 8.00. The van der Waals surface area contributed by atoms with Crippen LogP contribution in [0.25, 0.3) is 0 Å². The van der Waals surface area contributed by atoms with Crippen LogP contribution < -0.4 is 5.32 Å². The van der Waals surface area contributed by atoms with Gasteiger partial charge in [-0.1, -0.05) is 6.92 Å². The normalized spacial score (nSPS) is 33.4. The second-order valence-corrected chi connectivity index (χ2v) is 7.18. The molecule has 2 unspecified atom stereocenters. The Balaban J connectivity index is 1.54. The minimum absolute atomic E-state index is 0.782. The summed E-state index contributed by atoms with van der Waals surface area (Å²) in [6.45, 7) is 7.36. The molecule has 2 saturated heterocycles. The molecular weight excluding hydrogens is 224 g/mol. The third kappa shape index (κ3) is 4.17.